The third-order valence-corrected chi connectivity index (χ3v) is 5.76. The first-order valence-electron chi connectivity index (χ1n) is 10.1. The molecule has 1 amide bonds. The van der Waals surface area contributed by atoms with Gasteiger partial charge in [-0.05, 0) is 31.6 Å². The monoisotopic (exact) mass is 376 g/mol. The van der Waals surface area contributed by atoms with Crippen molar-refractivity contribution in [1.29, 1.82) is 0 Å². The molecule has 144 valence electrons. The molecule has 2 aliphatic rings. The molecule has 28 heavy (non-hydrogen) atoms. The van der Waals surface area contributed by atoms with E-state index >= 15 is 0 Å². The molecule has 1 atom stereocenters. The zero-order chi connectivity index (χ0) is 18.9. The van der Waals surface area contributed by atoms with Gasteiger partial charge >= 0.3 is 0 Å². The van der Waals surface area contributed by atoms with Crippen LogP contribution in [-0.2, 0) is 6.54 Å². The average Bonchev–Trinajstić information content (AvgIpc) is 3.23. The molecule has 5 rings (SSSR count). The van der Waals surface area contributed by atoms with Crippen molar-refractivity contribution >= 4 is 5.91 Å². The SMILES string of the molecule is O=C(c1cc(-c2ccccc2)on1)N1CCC[C@H](c2nccn2CC2CC2)C1. The largest absolute Gasteiger partial charge is 0.355 e. The fourth-order valence-corrected chi connectivity index (χ4v) is 4.06. The van der Waals surface area contributed by atoms with E-state index < -0.39 is 0 Å². The number of aromatic nitrogens is 3. The summed E-state index contributed by atoms with van der Waals surface area (Å²) in [6.07, 6.45) is 8.67. The Bertz CT molecular complexity index is 958. The van der Waals surface area contributed by atoms with E-state index in [0.717, 1.165) is 43.2 Å². The predicted molar refractivity (Wildman–Crippen MR) is 105 cm³/mol. The number of nitrogens with zero attached hydrogens (tertiary/aromatic N) is 4. The van der Waals surface area contributed by atoms with Crippen molar-refractivity contribution in [2.75, 3.05) is 13.1 Å². The maximum Gasteiger partial charge on any atom is 0.276 e. The molecule has 0 radical (unpaired) electrons. The maximum atomic E-state index is 13.0. The summed E-state index contributed by atoms with van der Waals surface area (Å²) in [6.45, 7) is 2.50. The molecule has 0 spiro atoms. The van der Waals surface area contributed by atoms with E-state index in [0.29, 0.717) is 18.0 Å². The van der Waals surface area contributed by atoms with E-state index in [9.17, 15) is 4.79 Å². The highest BCUT2D eigenvalue weighted by Gasteiger charge is 2.30. The summed E-state index contributed by atoms with van der Waals surface area (Å²) in [4.78, 5) is 19.5. The minimum atomic E-state index is -0.0593. The number of imidazole rings is 1. The fourth-order valence-electron chi connectivity index (χ4n) is 4.06. The van der Waals surface area contributed by atoms with Crippen molar-refractivity contribution in [1.82, 2.24) is 19.6 Å². The minimum absolute atomic E-state index is 0.0593. The van der Waals surface area contributed by atoms with Crippen LogP contribution in [0.1, 0.15) is 47.9 Å². The first-order valence-corrected chi connectivity index (χ1v) is 10.1. The summed E-state index contributed by atoms with van der Waals surface area (Å²) >= 11 is 0. The van der Waals surface area contributed by atoms with Gasteiger partial charge in [-0.25, -0.2) is 4.98 Å². The molecule has 1 saturated carbocycles. The fraction of sp³-hybridized carbons (Fsp3) is 0.409. The first-order chi connectivity index (χ1) is 13.8. The Balaban J connectivity index is 1.30. The van der Waals surface area contributed by atoms with Crippen LogP contribution >= 0.6 is 0 Å². The molecular weight excluding hydrogens is 352 g/mol. The smallest absolute Gasteiger partial charge is 0.276 e. The Morgan fingerprint density at radius 1 is 1.18 bits per heavy atom. The third kappa shape index (κ3) is 3.46. The van der Waals surface area contributed by atoms with Crippen LogP contribution in [0.25, 0.3) is 11.3 Å². The lowest BCUT2D eigenvalue weighted by atomic mass is 9.96. The molecule has 0 bridgehead atoms. The normalized spacial score (nSPS) is 19.7. The number of hydrogen-bond donors (Lipinski definition) is 0. The topological polar surface area (TPSA) is 64.2 Å². The van der Waals surface area contributed by atoms with Gasteiger partial charge in [0.15, 0.2) is 11.5 Å². The Hall–Kier alpha value is -2.89. The predicted octanol–water partition coefficient (Wildman–Crippen LogP) is 3.97. The van der Waals surface area contributed by atoms with Crippen LogP contribution in [0.5, 0.6) is 0 Å². The zero-order valence-electron chi connectivity index (χ0n) is 15.8. The Labute approximate surface area is 164 Å². The third-order valence-electron chi connectivity index (χ3n) is 5.76. The molecule has 6 heteroatoms. The maximum absolute atomic E-state index is 13.0. The van der Waals surface area contributed by atoms with Crippen molar-refractivity contribution in [3.05, 3.63) is 60.3 Å². The van der Waals surface area contributed by atoms with E-state index in [1.165, 1.54) is 12.8 Å². The molecular formula is C22H24N4O2. The van der Waals surface area contributed by atoms with E-state index in [-0.39, 0.29) is 11.8 Å². The van der Waals surface area contributed by atoms with Gasteiger partial charge in [-0.1, -0.05) is 35.5 Å². The van der Waals surface area contributed by atoms with Gasteiger partial charge in [-0.3, -0.25) is 4.79 Å². The second-order valence-electron chi connectivity index (χ2n) is 7.91. The molecule has 1 aliphatic heterocycles. The van der Waals surface area contributed by atoms with Crippen LogP contribution < -0.4 is 0 Å². The van der Waals surface area contributed by atoms with Gasteiger partial charge in [0, 0.05) is 49.6 Å². The van der Waals surface area contributed by atoms with E-state index in [4.69, 9.17) is 4.52 Å². The van der Waals surface area contributed by atoms with Gasteiger partial charge in [-0.15, -0.1) is 0 Å². The number of carbonyl (C=O) groups excluding carboxylic acids is 1. The Morgan fingerprint density at radius 2 is 2.04 bits per heavy atom. The van der Waals surface area contributed by atoms with Crippen molar-refractivity contribution in [3.63, 3.8) is 0 Å². The molecule has 2 fully saturated rings. The van der Waals surface area contributed by atoms with Gasteiger partial charge in [-0.2, -0.15) is 0 Å². The quantitative estimate of drug-likeness (QED) is 0.676. The number of piperidine rings is 1. The number of hydrogen-bond acceptors (Lipinski definition) is 4. The van der Waals surface area contributed by atoms with Gasteiger partial charge in [0.1, 0.15) is 5.82 Å². The molecule has 1 aliphatic carbocycles. The number of carbonyl (C=O) groups is 1. The lowest BCUT2D eigenvalue weighted by molar-refractivity contribution is 0.0692. The molecule has 3 aromatic rings. The molecule has 1 aromatic carbocycles. The van der Waals surface area contributed by atoms with Gasteiger partial charge in [0.2, 0.25) is 0 Å². The molecule has 0 N–H and O–H groups in total. The summed E-state index contributed by atoms with van der Waals surface area (Å²) in [5, 5.41) is 4.03. The summed E-state index contributed by atoms with van der Waals surface area (Å²) in [5.41, 5.74) is 1.30. The molecule has 6 nitrogen and oxygen atoms in total. The summed E-state index contributed by atoms with van der Waals surface area (Å²) < 4.78 is 7.71. The van der Waals surface area contributed by atoms with Gasteiger partial charge < -0.3 is 14.0 Å². The number of rotatable bonds is 5. The molecule has 3 heterocycles. The highest BCUT2D eigenvalue weighted by atomic mass is 16.5. The second-order valence-corrected chi connectivity index (χ2v) is 7.91. The van der Waals surface area contributed by atoms with Crippen LogP contribution in [0.3, 0.4) is 0 Å². The minimum Gasteiger partial charge on any atom is -0.355 e. The van der Waals surface area contributed by atoms with Crippen LogP contribution in [-0.4, -0.2) is 38.6 Å². The van der Waals surface area contributed by atoms with Crippen molar-refractivity contribution in [2.24, 2.45) is 5.92 Å². The van der Waals surface area contributed by atoms with Gasteiger partial charge in [0.25, 0.3) is 5.91 Å². The number of likely N-dealkylation sites (tertiary alicyclic amines) is 1. The van der Waals surface area contributed by atoms with Crippen LogP contribution in [0.4, 0.5) is 0 Å². The van der Waals surface area contributed by atoms with Crippen molar-refractivity contribution in [3.8, 4) is 11.3 Å². The lowest BCUT2D eigenvalue weighted by Gasteiger charge is -2.32. The number of benzene rings is 1. The van der Waals surface area contributed by atoms with E-state index in [1.807, 2.05) is 41.4 Å². The molecule has 0 unspecified atom stereocenters. The summed E-state index contributed by atoms with van der Waals surface area (Å²) in [7, 11) is 0. The molecule has 1 saturated heterocycles. The first kappa shape index (κ1) is 17.2. The van der Waals surface area contributed by atoms with Crippen LogP contribution in [0.15, 0.2) is 53.3 Å². The van der Waals surface area contributed by atoms with Crippen LogP contribution in [0, 0.1) is 5.92 Å². The lowest BCUT2D eigenvalue weighted by Crippen LogP contribution is -2.40. The highest BCUT2D eigenvalue weighted by molar-refractivity contribution is 5.93. The van der Waals surface area contributed by atoms with Crippen LogP contribution in [0.2, 0.25) is 0 Å². The summed E-state index contributed by atoms with van der Waals surface area (Å²) in [6, 6.07) is 11.5. The Kier molecular flexibility index (Phi) is 4.47. The highest BCUT2D eigenvalue weighted by Crippen LogP contribution is 2.33. The van der Waals surface area contributed by atoms with Crippen molar-refractivity contribution in [2.45, 2.75) is 38.1 Å². The molecule has 2 aromatic heterocycles. The zero-order valence-corrected chi connectivity index (χ0v) is 15.8. The van der Waals surface area contributed by atoms with E-state index in [1.54, 1.807) is 6.07 Å². The second kappa shape index (κ2) is 7.26. The van der Waals surface area contributed by atoms with E-state index in [2.05, 4.69) is 20.9 Å². The van der Waals surface area contributed by atoms with Crippen molar-refractivity contribution < 1.29 is 9.32 Å². The average molecular weight is 376 g/mol. The Morgan fingerprint density at radius 3 is 2.86 bits per heavy atom. The number of amides is 1. The standard InChI is InChI=1S/C22H24N4O2/c27-22(19-13-20(28-24-19)17-5-2-1-3-6-17)26-11-4-7-18(15-26)21-23-10-12-25(21)14-16-8-9-16/h1-3,5-6,10,12-13,16,18H,4,7-9,11,14-15H2/t18-/m0/s1. The summed E-state index contributed by atoms with van der Waals surface area (Å²) in [5.74, 6) is 2.77. The van der Waals surface area contributed by atoms with Gasteiger partial charge in [0.05, 0.1) is 0 Å².